The van der Waals surface area contributed by atoms with Crippen LogP contribution in [0.4, 0.5) is 0 Å². The SMILES string of the molecule is CCCCNC(=O)CNCCc1ccc(Cl)cc1Cl. The van der Waals surface area contributed by atoms with Gasteiger partial charge in [0.2, 0.25) is 5.91 Å². The lowest BCUT2D eigenvalue weighted by atomic mass is 10.1. The zero-order chi connectivity index (χ0) is 14.1. The fourth-order valence-electron chi connectivity index (χ4n) is 1.62. The average molecular weight is 303 g/mol. The molecule has 0 spiro atoms. The Labute approximate surface area is 124 Å². The number of nitrogens with one attached hydrogen (secondary N) is 2. The Morgan fingerprint density at radius 2 is 2.05 bits per heavy atom. The van der Waals surface area contributed by atoms with E-state index in [0.29, 0.717) is 23.1 Å². The van der Waals surface area contributed by atoms with Gasteiger partial charge >= 0.3 is 0 Å². The van der Waals surface area contributed by atoms with Gasteiger partial charge in [-0.3, -0.25) is 4.79 Å². The summed E-state index contributed by atoms with van der Waals surface area (Å²) in [7, 11) is 0. The third-order valence-electron chi connectivity index (χ3n) is 2.72. The molecule has 0 heterocycles. The van der Waals surface area contributed by atoms with Gasteiger partial charge in [0.25, 0.3) is 0 Å². The highest BCUT2D eigenvalue weighted by molar-refractivity contribution is 6.35. The lowest BCUT2D eigenvalue weighted by Gasteiger charge is -2.07. The normalized spacial score (nSPS) is 10.5. The second kappa shape index (κ2) is 9.18. The molecule has 0 unspecified atom stereocenters. The zero-order valence-electron chi connectivity index (χ0n) is 11.1. The van der Waals surface area contributed by atoms with Crippen molar-refractivity contribution in [2.75, 3.05) is 19.6 Å². The summed E-state index contributed by atoms with van der Waals surface area (Å²) >= 11 is 11.9. The van der Waals surface area contributed by atoms with Crippen LogP contribution in [0, 0.1) is 0 Å². The van der Waals surface area contributed by atoms with Gasteiger partial charge in [-0.25, -0.2) is 0 Å². The van der Waals surface area contributed by atoms with E-state index < -0.39 is 0 Å². The molecule has 1 amide bonds. The van der Waals surface area contributed by atoms with Gasteiger partial charge in [-0.05, 0) is 37.1 Å². The van der Waals surface area contributed by atoms with Gasteiger partial charge in [0.05, 0.1) is 6.54 Å². The Balaban J connectivity index is 2.18. The van der Waals surface area contributed by atoms with Crippen molar-refractivity contribution in [2.24, 2.45) is 0 Å². The van der Waals surface area contributed by atoms with Crippen LogP contribution in [0.25, 0.3) is 0 Å². The molecule has 0 fully saturated rings. The molecule has 5 heteroatoms. The van der Waals surface area contributed by atoms with E-state index in [2.05, 4.69) is 17.6 Å². The third-order valence-corrected chi connectivity index (χ3v) is 3.31. The molecule has 0 aromatic heterocycles. The first-order valence-corrected chi connectivity index (χ1v) is 7.30. The molecule has 1 aromatic carbocycles. The van der Waals surface area contributed by atoms with Crippen molar-refractivity contribution >= 4 is 29.1 Å². The van der Waals surface area contributed by atoms with Crippen LogP contribution in [0.3, 0.4) is 0 Å². The number of rotatable bonds is 8. The quantitative estimate of drug-likeness (QED) is 0.725. The molecule has 0 saturated heterocycles. The highest BCUT2D eigenvalue weighted by Gasteiger charge is 2.02. The fourth-order valence-corrected chi connectivity index (χ4v) is 2.12. The van der Waals surface area contributed by atoms with Crippen molar-refractivity contribution in [3.63, 3.8) is 0 Å². The minimum atomic E-state index is 0.0376. The molecule has 1 aromatic rings. The number of carbonyl (C=O) groups is 1. The Hall–Kier alpha value is -0.770. The molecule has 1 rings (SSSR count). The molecule has 0 saturated carbocycles. The van der Waals surface area contributed by atoms with E-state index in [1.807, 2.05) is 12.1 Å². The molecule has 0 atom stereocenters. The van der Waals surface area contributed by atoms with Crippen molar-refractivity contribution in [3.8, 4) is 0 Å². The number of amides is 1. The van der Waals surface area contributed by atoms with E-state index in [-0.39, 0.29) is 5.91 Å². The second-order valence-corrected chi connectivity index (χ2v) is 5.21. The molecular weight excluding hydrogens is 283 g/mol. The topological polar surface area (TPSA) is 41.1 Å². The Kier molecular flexibility index (Phi) is 7.87. The summed E-state index contributed by atoms with van der Waals surface area (Å²) in [4.78, 5) is 11.4. The lowest BCUT2D eigenvalue weighted by Crippen LogP contribution is -2.35. The highest BCUT2D eigenvalue weighted by Crippen LogP contribution is 2.20. The molecular formula is C14H20Cl2N2O. The molecule has 106 valence electrons. The number of unbranched alkanes of at least 4 members (excludes halogenated alkanes) is 1. The van der Waals surface area contributed by atoms with Gasteiger partial charge in [-0.15, -0.1) is 0 Å². The summed E-state index contributed by atoms with van der Waals surface area (Å²) in [6.45, 7) is 3.90. The highest BCUT2D eigenvalue weighted by atomic mass is 35.5. The van der Waals surface area contributed by atoms with Crippen LogP contribution in [-0.4, -0.2) is 25.5 Å². The molecule has 0 bridgehead atoms. The second-order valence-electron chi connectivity index (χ2n) is 4.37. The van der Waals surface area contributed by atoms with Crippen molar-refractivity contribution in [2.45, 2.75) is 26.2 Å². The maximum absolute atomic E-state index is 11.4. The van der Waals surface area contributed by atoms with E-state index in [0.717, 1.165) is 31.4 Å². The molecule has 2 N–H and O–H groups in total. The molecule has 0 aliphatic carbocycles. The maximum Gasteiger partial charge on any atom is 0.233 e. The third kappa shape index (κ3) is 6.81. The van der Waals surface area contributed by atoms with Gasteiger partial charge in [0.15, 0.2) is 0 Å². The van der Waals surface area contributed by atoms with E-state index >= 15 is 0 Å². The first-order chi connectivity index (χ1) is 9.13. The average Bonchev–Trinajstić information content (AvgIpc) is 2.37. The summed E-state index contributed by atoms with van der Waals surface area (Å²) in [5.74, 6) is 0.0376. The Morgan fingerprint density at radius 1 is 1.26 bits per heavy atom. The van der Waals surface area contributed by atoms with Crippen molar-refractivity contribution in [1.82, 2.24) is 10.6 Å². The van der Waals surface area contributed by atoms with Crippen molar-refractivity contribution < 1.29 is 4.79 Å². The van der Waals surface area contributed by atoms with Crippen LogP contribution in [0.5, 0.6) is 0 Å². The summed E-state index contributed by atoms with van der Waals surface area (Å²) in [6, 6.07) is 5.46. The van der Waals surface area contributed by atoms with E-state index in [1.54, 1.807) is 6.07 Å². The summed E-state index contributed by atoms with van der Waals surface area (Å²) in [6.07, 6.45) is 2.88. The van der Waals surface area contributed by atoms with Gasteiger partial charge in [0, 0.05) is 16.6 Å². The van der Waals surface area contributed by atoms with Crippen LogP contribution >= 0.6 is 23.2 Å². The van der Waals surface area contributed by atoms with Crippen molar-refractivity contribution in [1.29, 1.82) is 0 Å². The molecule has 3 nitrogen and oxygen atoms in total. The largest absolute Gasteiger partial charge is 0.355 e. The van der Waals surface area contributed by atoms with Crippen molar-refractivity contribution in [3.05, 3.63) is 33.8 Å². The predicted molar refractivity (Wildman–Crippen MR) is 81.0 cm³/mol. The predicted octanol–water partition coefficient (Wildman–Crippen LogP) is 3.04. The maximum atomic E-state index is 11.4. The van der Waals surface area contributed by atoms with Crippen LogP contribution in [0.15, 0.2) is 18.2 Å². The summed E-state index contributed by atoms with van der Waals surface area (Å²) in [5.41, 5.74) is 1.03. The zero-order valence-corrected chi connectivity index (χ0v) is 12.7. The number of carbonyl (C=O) groups excluding carboxylic acids is 1. The number of hydrogen-bond donors (Lipinski definition) is 2. The smallest absolute Gasteiger partial charge is 0.233 e. The lowest BCUT2D eigenvalue weighted by molar-refractivity contribution is -0.120. The Morgan fingerprint density at radius 3 is 2.74 bits per heavy atom. The molecule has 19 heavy (non-hydrogen) atoms. The molecule has 0 radical (unpaired) electrons. The summed E-state index contributed by atoms with van der Waals surface area (Å²) in [5, 5.41) is 7.26. The fraction of sp³-hybridized carbons (Fsp3) is 0.500. The van der Waals surface area contributed by atoms with E-state index in [9.17, 15) is 4.79 Å². The number of hydrogen-bond acceptors (Lipinski definition) is 2. The molecule has 0 aliphatic heterocycles. The van der Waals surface area contributed by atoms with Gasteiger partial charge < -0.3 is 10.6 Å². The molecule has 0 aliphatic rings. The van der Waals surface area contributed by atoms with Gasteiger partial charge in [-0.2, -0.15) is 0 Å². The van der Waals surface area contributed by atoms with E-state index in [1.165, 1.54) is 0 Å². The first-order valence-electron chi connectivity index (χ1n) is 6.54. The standard InChI is InChI=1S/C14H20Cl2N2O/c1-2-3-7-18-14(19)10-17-8-6-11-4-5-12(15)9-13(11)16/h4-5,9,17H,2-3,6-8,10H2,1H3,(H,18,19). The van der Waals surface area contributed by atoms with Crippen LogP contribution in [-0.2, 0) is 11.2 Å². The van der Waals surface area contributed by atoms with Crippen LogP contribution in [0.2, 0.25) is 10.0 Å². The van der Waals surface area contributed by atoms with Crippen LogP contribution < -0.4 is 10.6 Å². The first kappa shape index (κ1) is 16.3. The Bertz CT molecular complexity index is 410. The minimum absolute atomic E-state index is 0.0376. The minimum Gasteiger partial charge on any atom is -0.355 e. The van der Waals surface area contributed by atoms with Gasteiger partial charge in [0.1, 0.15) is 0 Å². The number of halogens is 2. The van der Waals surface area contributed by atoms with Crippen LogP contribution in [0.1, 0.15) is 25.3 Å². The number of benzene rings is 1. The summed E-state index contributed by atoms with van der Waals surface area (Å²) < 4.78 is 0. The van der Waals surface area contributed by atoms with Gasteiger partial charge in [-0.1, -0.05) is 42.6 Å². The monoisotopic (exact) mass is 302 g/mol. The van der Waals surface area contributed by atoms with E-state index in [4.69, 9.17) is 23.2 Å².